The molecule has 0 bridgehead atoms. The molecule has 1 nitrogen and oxygen atoms in total. The molecule has 0 aliphatic carbocycles. The van der Waals surface area contributed by atoms with Gasteiger partial charge in [-0.1, -0.05) is 29.3 Å². The van der Waals surface area contributed by atoms with Gasteiger partial charge in [0.1, 0.15) is 5.82 Å². The summed E-state index contributed by atoms with van der Waals surface area (Å²) in [6.45, 7) is 3.99. The molecular formula is C14H14Cl2FNS. The standard InChI is InChI=1S/C14H14Cl2FNS/c1-8(12-4-3-7-19-12)18-9(2)13-10(15)5-6-11(17)14(13)16/h3-9,18H,1-2H3/t8-,9?/m0/s1. The fourth-order valence-electron chi connectivity index (χ4n) is 2.02. The molecule has 1 aromatic heterocycles. The summed E-state index contributed by atoms with van der Waals surface area (Å²) < 4.78 is 13.5. The molecule has 0 aliphatic heterocycles. The lowest BCUT2D eigenvalue weighted by Crippen LogP contribution is -2.22. The van der Waals surface area contributed by atoms with Crippen molar-refractivity contribution in [3.63, 3.8) is 0 Å². The molecule has 1 unspecified atom stereocenters. The lowest BCUT2D eigenvalue weighted by molar-refractivity contribution is 0.497. The van der Waals surface area contributed by atoms with Crippen LogP contribution in [-0.2, 0) is 0 Å². The van der Waals surface area contributed by atoms with Crippen molar-refractivity contribution < 1.29 is 4.39 Å². The Morgan fingerprint density at radius 3 is 2.53 bits per heavy atom. The third kappa shape index (κ3) is 3.29. The lowest BCUT2D eigenvalue weighted by Gasteiger charge is -2.21. The first-order valence-corrected chi connectivity index (χ1v) is 7.57. The number of rotatable bonds is 4. The highest BCUT2D eigenvalue weighted by molar-refractivity contribution is 7.10. The van der Waals surface area contributed by atoms with E-state index in [1.807, 2.05) is 18.4 Å². The van der Waals surface area contributed by atoms with Crippen LogP contribution in [0.5, 0.6) is 0 Å². The number of hydrogen-bond donors (Lipinski definition) is 1. The molecule has 2 atom stereocenters. The number of hydrogen-bond acceptors (Lipinski definition) is 2. The highest BCUT2D eigenvalue weighted by atomic mass is 35.5. The Hall–Kier alpha value is -0.610. The van der Waals surface area contributed by atoms with Gasteiger partial charge in [0, 0.05) is 27.5 Å². The van der Waals surface area contributed by atoms with E-state index < -0.39 is 5.82 Å². The Morgan fingerprint density at radius 1 is 1.16 bits per heavy atom. The summed E-state index contributed by atoms with van der Waals surface area (Å²) in [5.41, 5.74) is 0.603. The molecule has 1 heterocycles. The Kier molecular flexibility index (Phi) is 4.85. The lowest BCUT2D eigenvalue weighted by atomic mass is 10.1. The first-order chi connectivity index (χ1) is 9.00. The van der Waals surface area contributed by atoms with Crippen molar-refractivity contribution >= 4 is 34.5 Å². The number of halogens is 3. The van der Waals surface area contributed by atoms with Gasteiger partial charge in [0.2, 0.25) is 0 Å². The highest BCUT2D eigenvalue weighted by Crippen LogP contribution is 2.33. The van der Waals surface area contributed by atoms with Crippen LogP contribution < -0.4 is 5.32 Å². The van der Waals surface area contributed by atoms with E-state index in [1.165, 1.54) is 17.0 Å². The van der Waals surface area contributed by atoms with Gasteiger partial charge < -0.3 is 5.32 Å². The predicted molar refractivity (Wildman–Crippen MR) is 80.7 cm³/mol. The van der Waals surface area contributed by atoms with E-state index in [1.54, 1.807) is 11.3 Å². The average molecular weight is 318 g/mol. The van der Waals surface area contributed by atoms with Crippen LogP contribution in [0.25, 0.3) is 0 Å². The third-order valence-corrected chi connectivity index (χ3v) is 4.75. The summed E-state index contributed by atoms with van der Waals surface area (Å²) in [6.07, 6.45) is 0. The fourth-order valence-corrected chi connectivity index (χ4v) is 3.46. The second-order valence-corrected chi connectivity index (χ2v) is 6.15. The molecule has 0 saturated heterocycles. The van der Waals surface area contributed by atoms with Crippen LogP contribution in [0.3, 0.4) is 0 Å². The van der Waals surface area contributed by atoms with E-state index in [-0.39, 0.29) is 17.1 Å². The largest absolute Gasteiger partial charge is 0.303 e. The van der Waals surface area contributed by atoms with Crippen molar-refractivity contribution in [2.24, 2.45) is 0 Å². The van der Waals surface area contributed by atoms with Gasteiger partial charge in [0.15, 0.2) is 0 Å². The summed E-state index contributed by atoms with van der Waals surface area (Å²) in [5.74, 6) is -0.446. The van der Waals surface area contributed by atoms with Gasteiger partial charge >= 0.3 is 0 Å². The first-order valence-electron chi connectivity index (χ1n) is 5.93. The average Bonchev–Trinajstić information content (AvgIpc) is 2.88. The maximum atomic E-state index is 13.5. The Bertz CT molecular complexity index is 557. The SMILES string of the molecule is CC(N[C@@H](C)c1cccs1)c1c(Cl)ccc(F)c1Cl. The van der Waals surface area contributed by atoms with Gasteiger partial charge in [-0.2, -0.15) is 0 Å². The Labute approximate surface area is 126 Å². The zero-order valence-electron chi connectivity index (χ0n) is 10.6. The van der Waals surface area contributed by atoms with E-state index in [0.717, 1.165) is 0 Å². The van der Waals surface area contributed by atoms with Crippen LogP contribution in [0.15, 0.2) is 29.6 Å². The van der Waals surface area contributed by atoms with Gasteiger partial charge in [-0.05, 0) is 37.4 Å². The number of thiophene rings is 1. The highest BCUT2D eigenvalue weighted by Gasteiger charge is 2.19. The Balaban J connectivity index is 2.21. The van der Waals surface area contributed by atoms with Crippen molar-refractivity contribution in [1.82, 2.24) is 5.32 Å². The number of nitrogens with one attached hydrogen (secondary N) is 1. The monoisotopic (exact) mass is 317 g/mol. The third-order valence-electron chi connectivity index (χ3n) is 2.98. The molecule has 0 spiro atoms. The molecule has 0 amide bonds. The minimum Gasteiger partial charge on any atom is -0.303 e. The van der Waals surface area contributed by atoms with Crippen LogP contribution >= 0.6 is 34.5 Å². The molecule has 0 radical (unpaired) electrons. The first kappa shape index (κ1) is 14.8. The zero-order chi connectivity index (χ0) is 14.0. The molecule has 19 heavy (non-hydrogen) atoms. The summed E-state index contributed by atoms with van der Waals surface area (Å²) in [7, 11) is 0. The number of benzene rings is 1. The molecule has 102 valence electrons. The minimum absolute atomic E-state index is 0.0888. The zero-order valence-corrected chi connectivity index (χ0v) is 12.9. The van der Waals surface area contributed by atoms with Crippen molar-refractivity contribution in [1.29, 1.82) is 0 Å². The molecule has 1 N–H and O–H groups in total. The smallest absolute Gasteiger partial charge is 0.142 e. The second kappa shape index (κ2) is 6.23. The van der Waals surface area contributed by atoms with E-state index in [2.05, 4.69) is 18.3 Å². The van der Waals surface area contributed by atoms with Crippen LogP contribution in [0.1, 0.15) is 36.4 Å². The molecular weight excluding hydrogens is 304 g/mol. The van der Waals surface area contributed by atoms with E-state index in [9.17, 15) is 4.39 Å². The molecule has 2 aromatic rings. The van der Waals surface area contributed by atoms with Gasteiger partial charge in [-0.25, -0.2) is 4.39 Å². The quantitative estimate of drug-likeness (QED) is 0.723. The fraction of sp³-hybridized carbons (Fsp3) is 0.286. The van der Waals surface area contributed by atoms with Crippen molar-refractivity contribution in [2.45, 2.75) is 25.9 Å². The summed E-state index contributed by atoms with van der Waals surface area (Å²) in [6, 6.07) is 6.91. The van der Waals surface area contributed by atoms with Gasteiger partial charge in [-0.3, -0.25) is 0 Å². The summed E-state index contributed by atoms with van der Waals surface area (Å²) in [4.78, 5) is 1.22. The van der Waals surface area contributed by atoms with Crippen LogP contribution in [-0.4, -0.2) is 0 Å². The normalized spacial score (nSPS) is 14.4. The maximum Gasteiger partial charge on any atom is 0.142 e. The second-order valence-electron chi connectivity index (χ2n) is 4.38. The van der Waals surface area contributed by atoms with Crippen molar-refractivity contribution in [3.8, 4) is 0 Å². The Morgan fingerprint density at radius 2 is 1.89 bits per heavy atom. The minimum atomic E-state index is -0.446. The molecule has 1 aromatic carbocycles. The van der Waals surface area contributed by atoms with Crippen molar-refractivity contribution in [3.05, 3.63) is 55.9 Å². The molecule has 5 heteroatoms. The maximum absolute atomic E-state index is 13.5. The van der Waals surface area contributed by atoms with E-state index in [0.29, 0.717) is 10.6 Å². The van der Waals surface area contributed by atoms with Crippen LogP contribution in [0, 0.1) is 5.82 Å². The van der Waals surface area contributed by atoms with Crippen molar-refractivity contribution in [2.75, 3.05) is 0 Å². The van der Waals surface area contributed by atoms with Crippen LogP contribution in [0.2, 0.25) is 10.0 Å². The predicted octanol–water partition coefficient (Wildman–Crippen LogP) is 5.61. The summed E-state index contributed by atoms with van der Waals surface area (Å²) >= 11 is 13.8. The summed E-state index contributed by atoms with van der Waals surface area (Å²) in [5, 5.41) is 5.98. The van der Waals surface area contributed by atoms with E-state index in [4.69, 9.17) is 23.2 Å². The molecule has 0 fully saturated rings. The van der Waals surface area contributed by atoms with Gasteiger partial charge in [0.05, 0.1) is 5.02 Å². The van der Waals surface area contributed by atoms with Gasteiger partial charge in [-0.15, -0.1) is 11.3 Å². The molecule has 0 saturated carbocycles. The van der Waals surface area contributed by atoms with Crippen LogP contribution in [0.4, 0.5) is 4.39 Å². The van der Waals surface area contributed by atoms with Gasteiger partial charge in [0.25, 0.3) is 0 Å². The topological polar surface area (TPSA) is 12.0 Å². The van der Waals surface area contributed by atoms with E-state index >= 15 is 0 Å². The molecule has 2 rings (SSSR count). The molecule has 0 aliphatic rings.